The quantitative estimate of drug-likeness (QED) is 0.171. The van der Waals surface area contributed by atoms with Crippen molar-refractivity contribution in [3.8, 4) is 5.75 Å². The standard InChI is InChI=1S/C32H39ClN4O7S/c1-6-27(32(39)34-20-22(2)3)35(17-16-24-10-8-7-9-11-24)31(38)21-36(29-18-25(33)13-15-30(29)44-5)45(42,43)26-14-12-23(4)28(19-26)37(40)41/h7-15,18-19,22,27H,6,16-17,20-21H2,1-5H3,(H,34,39)/t27-/m1/s1. The number of carbonyl (C=O) groups excluding carboxylic acids is 2. The molecule has 3 aromatic carbocycles. The summed E-state index contributed by atoms with van der Waals surface area (Å²) in [5, 5.41) is 14.7. The van der Waals surface area contributed by atoms with E-state index in [0.717, 1.165) is 15.9 Å². The number of ether oxygens (including phenoxy) is 1. The Kier molecular flexibility index (Phi) is 12.3. The van der Waals surface area contributed by atoms with Gasteiger partial charge < -0.3 is 15.0 Å². The first-order valence-corrected chi connectivity index (χ1v) is 16.3. The van der Waals surface area contributed by atoms with Crippen LogP contribution in [0, 0.1) is 23.0 Å². The molecule has 0 unspecified atom stereocenters. The number of hydrogen-bond acceptors (Lipinski definition) is 7. The zero-order valence-corrected chi connectivity index (χ0v) is 27.6. The van der Waals surface area contributed by atoms with Crippen LogP contribution in [0.15, 0.2) is 71.6 Å². The lowest BCUT2D eigenvalue weighted by Gasteiger charge is -2.33. The van der Waals surface area contributed by atoms with Gasteiger partial charge in [-0.25, -0.2) is 8.42 Å². The van der Waals surface area contributed by atoms with Crippen LogP contribution in [0.25, 0.3) is 0 Å². The Balaban J connectivity index is 2.13. The second-order valence-electron chi connectivity index (χ2n) is 10.9. The number of aryl methyl sites for hydroxylation is 1. The maximum atomic E-state index is 14.2. The van der Waals surface area contributed by atoms with Crippen molar-refractivity contribution in [2.45, 2.75) is 51.5 Å². The lowest BCUT2D eigenvalue weighted by atomic mass is 10.1. The van der Waals surface area contributed by atoms with E-state index < -0.39 is 44.0 Å². The van der Waals surface area contributed by atoms with Gasteiger partial charge in [-0.2, -0.15) is 0 Å². The van der Waals surface area contributed by atoms with Gasteiger partial charge in [-0.15, -0.1) is 0 Å². The fraction of sp³-hybridized carbons (Fsp3) is 0.375. The summed E-state index contributed by atoms with van der Waals surface area (Å²) < 4.78 is 34.7. The summed E-state index contributed by atoms with van der Waals surface area (Å²) in [5.41, 5.74) is 0.771. The highest BCUT2D eigenvalue weighted by Crippen LogP contribution is 2.36. The number of nitro benzene ring substituents is 1. The molecule has 2 amide bonds. The summed E-state index contributed by atoms with van der Waals surface area (Å²) in [5.74, 6) is -0.717. The number of hydrogen-bond donors (Lipinski definition) is 1. The minimum absolute atomic E-state index is 0.0399. The van der Waals surface area contributed by atoms with Gasteiger partial charge in [0.2, 0.25) is 11.8 Å². The van der Waals surface area contributed by atoms with E-state index in [0.29, 0.717) is 13.0 Å². The number of nitrogens with one attached hydrogen (secondary N) is 1. The van der Waals surface area contributed by atoms with Crippen molar-refractivity contribution >= 4 is 44.8 Å². The Morgan fingerprint density at radius 2 is 1.76 bits per heavy atom. The highest BCUT2D eigenvalue weighted by molar-refractivity contribution is 7.92. The van der Waals surface area contributed by atoms with Crippen molar-refractivity contribution in [3.05, 3.63) is 93.0 Å². The molecule has 0 aromatic heterocycles. The number of anilines is 1. The van der Waals surface area contributed by atoms with E-state index >= 15 is 0 Å². The van der Waals surface area contributed by atoms with Gasteiger partial charge in [-0.1, -0.05) is 68.8 Å². The summed E-state index contributed by atoms with van der Waals surface area (Å²) in [6.07, 6.45) is 0.694. The molecular formula is C32H39ClN4O7S. The summed E-state index contributed by atoms with van der Waals surface area (Å²) >= 11 is 6.28. The van der Waals surface area contributed by atoms with Crippen molar-refractivity contribution in [2.24, 2.45) is 5.92 Å². The number of nitrogens with zero attached hydrogens (tertiary/aromatic N) is 3. The maximum absolute atomic E-state index is 14.2. The molecule has 0 bridgehead atoms. The summed E-state index contributed by atoms with van der Waals surface area (Å²) in [6, 6.07) is 16.4. The van der Waals surface area contributed by atoms with Crippen LogP contribution >= 0.6 is 11.6 Å². The Morgan fingerprint density at radius 1 is 1.07 bits per heavy atom. The first kappa shape index (κ1) is 35.3. The van der Waals surface area contributed by atoms with Gasteiger partial charge in [0, 0.05) is 29.7 Å². The van der Waals surface area contributed by atoms with Crippen molar-refractivity contribution in [1.82, 2.24) is 10.2 Å². The average molecular weight is 659 g/mol. The van der Waals surface area contributed by atoms with E-state index in [9.17, 15) is 28.1 Å². The van der Waals surface area contributed by atoms with E-state index in [2.05, 4.69) is 5.32 Å². The van der Waals surface area contributed by atoms with Gasteiger partial charge in [-0.3, -0.25) is 24.0 Å². The normalized spacial score (nSPS) is 12.0. The predicted molar refractivity (Wildman–Crippen MR) is 174 cm³/mol. The third-order valence-electron chi connectivity index (χ3n) is 7.21. The zero-order chi connectivity index (χ0) is 33.3. The third kappa shape index (κ3) is 8.95. The van der Waals surface area contributed by atoms with Crippen molar-refractivity contribution < 1.29 is 27.7 Å². The predicted octanol–water partition coefficient (Wildman–Crippen LogP) is 5.38. The minimum Gasteiger partial charge on any atom is -0.495 e. The second-order valence-corrected chi connectivity index (χ2v) is 13.2. The number of sulfonamides is 1. The largest absolute Gasteiger partial charge is 0.495 e. The van der Waals surface area contributed by atoms with Crippen LogP contribution in [0.1, 0.15) is 38.3 Å². The molecule has 1 atom stereocenters. The topological polar surface area (TPSA) is 139 Å². The van der Waals surface area contributed by atoms with E-state index in [-0.39, 0.29) is 46.8 Å². The lowest BCUT2D eigenvalue weighted by Crippen LogP contribution is -2.53. The number of amides is 2. The summed E-state index contributed by atoms with van der Waals surface area (Å²) in [4.78, 5) is 39.6. The lowest BCUT2D eigenvalue weighted by molar-refractivity contribution is -0.385. The van der Waals surface area contributed by atoms with Crippen molar-refractivity contribution in [3.63, 3.8) is 0 Å². The molecule has 0 saturated heterocycles. The smallest absolute Gasteiger partial charge is 0.273 e. The van der Waals surface area contributed by atoms with Gasteiger partial charge in [0.15, 0.2) is 0 Å². The first-order chi connectivity index (χ1) is 21.3. The Labute approximate surface area is 269 Å². The summed E-state index contributed by atoms with van der Waals surface area (Å²) in [7, 11) is -3.26. The molecule has 13 heteroatoms. The summed E-state index contributed by atoms with van der Waals surface area (Å²) in [6.45, 7) is 6.99. The van der Waals surface area contributed by atoms with Gasteiger partial charge >= 0.3 is 0 Å². The zero-order valence-electron chi connectivity index (χ0n) is 26.0. The van der Waals surface area contributed by atoms with Crippen LogP contribution in [-0.2, 0) is 26.0 Å². The SMILES string of the molecule is CC[C@H](C(=O)NCC(C)C)N(CCc1ccccc1)C(=O)CN(c1cc(Cl)ccc1OC)S(=O)(=O)c1ccc(C)c([N+](=O)[O-])c1. The molecule has 11 nitrogen and oxygen atoms in total. The molecule has 0 aliphatic heterocycles. The Morgan fingerprint density at radius 3 is 2.36 bits per heavy atom. The minimum atomic E-state index is -4.60. The molecule has 0 aliphatic carbocycles. The van der Waals surface area contributed by atoms with Gasteiger partial charge in [0.1, 0.15) is 18.3 Å². The number of rotatable bonds is 15. The maximum Gasteiger partial charge on any atom is 0.273 e. The molecule has 0 spiro atoms. The highest BCUT2D eigenvalue weighted by atomic mass is 35.5. The van der Waals surface area contributed by atoms with Crippen LogP contribution in [0.4, 0.5) is 11.4 Å². The van der Waals surface area contributed by atoms with E-state index in [1.165, 1.54) is 49.3 Å². The molecule has 3 rings (SSSR count). The van der Waals surface area contributed by atoms with Crippen molar-refractivity contribution in [2.75, 3.05) is 31.0 Å². The van der Waals surface area contributed by atoms with Gasteiger partial charge in [0.25, 0.3) is 15.7 Å². The van der Waals surface area contributed by atoms with Crippen LogP contribution in [0.3, 0.4) is 0 Å². The molecule has 0 heterocycles. The van der Waals surface area contributed by atoms with Gasteiger partial charge in [-0.05, 0) is 55.5 Å². The molecule has 1 N–H and O–H groups in total. The number of methoxy groups -OCH3 is 1. The fourth-order valence-corrected chi connectivity index (χ4v) is 6.37. The Bertz CT molecular complexity index is 1620. The van der Waals surface area contributed by atoms with Gasteiger partial charge in [0.05, 0.1) is 22.6 Å². The average Bonchev–Trinajstić information content (AvgIpc) is 3.00. The highest BCUT2D eigenvalue weighted by Gasteiger charge is 2.35. The van der Waals surface area contributed by atoms with E-state index in [1.54, 1.807) is 6.92 Å². The Hall–Kier alpha value is -4.16. The first-order valence-electron chi connectivity index (χ1n) is 14.5. The molecule has 0 fully saturated rings. The van der Waals surface area contributed by atoms with E-state index in [1.807, 2.05) is 44.2 Å². The van der Waals surface area contributed by atoms with E-state index in [4.69, 9.17) is 16.3 Å². The van der Waals surface area contributed by atoms with Crippen LogP contribution < -0.4 is 14.4 Å². The second kappa shape index (κ2) is 15.7. The molecule has 0 radical (unpaired) electrons. The monoisotopic (exact) mass is 658 g/mol. The van der Waals surface area contributed by atoms with Crippen LogP contribution in [-0.4, -0.2) is 62.8 Å². The molecule has 0 aliphatic rings. The number of benzene rings is 3. The van der Waals surface area contributed by atoms with Crippen LogP contribution in [0.5, 0.6) is 5.75 Å². The number of halogens is 1. The van der Waals surface area contributed by atoms with Crippen molar-refractivity contribution in [1.29, 1.82) is 0 Å². The molecule has 45 heavy (non-hydrogen) atoms. The molecule has 3 aromatic rings. The van der Waals surface area contributed by atoms with Crippen LogP contribution in [0.2, 0.25) is 5.02 Å². The number of carbonyl (C=O) groups is 2. The fourth-order valence-electron chi connectivity index (χ4n) is 4.76. The third-order valence-corrected chi connectivity index (χ3v) is 9.20. The molecule has 242 valence electrons. The molecule has 0 saturated carbocycles. The number of nitro groups is 1. The molecular weight excluding hydrogens is 620 g/mol.